The molecule has 5 heteroatoms. The average molecular weight is 248 g/mol. The van der Waals surface area contributed by atoms with E-state index in [1.165, 1.54) is 11.3 Å². The monoisotopic (exact) mass is 248 g/mol. The van der Waals surface area contributed by atoms with Gasteiger partial charge in [-0.05, 0) is 24.6 Å². The molecular weight excluding hydrogens is 228 g/mol. The summed E-state index contributed by atoms with van der Waals surface area (Å²) in [6, 6.07) is 8.55. The summed E-state index contributed by atoms with van der Waals surface area (Å²) < 4.78 is 0. The zero-order valence-corrected chi connectivity index (χ0v) is 10.7. The summed E-state index contributed by atoms with van der Waals surface area (Å²) in [4.78, 5) is 4.57. The Morgan fingerprint density at radius 1 is 1.33 bits per heavy atom. The van der Waals surface area contributed by atoms with Crippen molar-refractivity contribution in [1.82, 2.24) is 4.90 Å². The molecular formula is C13H20N4O. The van der Waals surface area contributed by atoms with Crippen LogP contribution in [-0.2, 0) is 0 Å². The molecule has 0 spiro atoms. The van der Waals surface area contributed by atoms with E-state index in [1.54, 1.807) is 0 Å². The second-order valence-electron chi connectivity index (χ2n) is 4.69. The van der Waals surface area contributed by atoms with Crippen molar-refractivity contribution in [3.63, 3.8) is 0 Å². The number of piperazine rings is 1. The number of aryl methyl sites for hydroxylation is 1. The van der Waals surface area contributed by atoms with Crippen molar-refractivity contribution in [2.24, 2.45) is 10.9 Å². The molecule has 1 fully saturated rings. The molecule has 1 aliphatic heterocycles. The van der Waals surface area contributed by atoms with Gasteiger partial charge in [0.1, 0.15) is 0 Å². The van der Waals surface area contributed by atoms with Crippen molar-refractivity contribution in [3.05, 3.63) is 29.8 Å². The molecule has 0 aromatic heterocycles. The highest BCUT2D eigenvalue weighted by atomic mass is 16.4. The van der Waals surface area contributed by atoms with Crippen LogP contribution in [0.15, 0.2) is 29.4 Å². The van der Waals surface area contributed by atoms with Crippen LogP contribution in [0.2, 0.25) is 0 Å². The maximum absolute atomic E-state index is 8.55. The Kier molecular flexibility index (Phi) is 4.04. The van der Waals surface area contributed by atoms with Gasteiger partial charge < -0.3 is 15.8 Å². The Hall–Kier alpha value is -1.75. The first kappa shape index (κ1) is 12.7. The summed E-state index contributed by atoms with van der Waals surface area (Å²) >= 11 is 0. The van der Waals surface area contributed by atoms with Crippen LogP contribution in [0.25, 0.3) is 0 Å². The zero-order chi connectivity index (χ0) is 13.0. The normalized spacial score (nSPS) is 18.1. The summed E-state index contributed by atoms with van der Waals surface area (Å²) in [5, 5.41) is 11.6. The smallest absolute Gasteiger partial charge is 0.153 e. The van der Waals surface area contributed by atoms with E-state index in [0.717, 1.165) is 26.2 Å². The highest BCUT2D eigenvalue weighted by Gasteiger charge is 2.17. The van der Waals surface area contributed by atoms with Crippen molar-refractivity contribution in [1.29, 1.82) is 0 Å². The van der Waals surface area contributed by atoms with Crippen molar-refractivity contribution in [2.45, 2.75) is 6.92 Å². The van der Waals surface area contributed by atoms with Crippen LogP contribution in [0, 0.1) is 6.92 Å². The van der Waals surface area contributed by atoms with Crippen molar-refractivity contribution in [2.75, 3.05) is 37.6 Å². The van der Waals surface area contributed by atoms with Crippen molar-refractivity contribution in [3.8, 4) is 0 Å². The second kappa shape index (κ2) is 5.73. The number of hydrogen-bond acceptors (Lipinski definition) is 4. The first-order valence-corrected chi connectivity index (χ1v) is 6.19. The van der Waals surface area contributed by atoms with E-state index < -0.39 is 0 Å². The molecule has 0 radical (unpaired) electrons. The van der Waals surface area contributed by atoms with Gasteiger partial charge in [0, 0.05) is 31.9 Å². The lowest BCUT2D eigenvalue weighted by atomic mass is 10.2. The number of oxime groups is 1. The fourth-order valence-electron chi connectivity index (χ4n) is 2.25. The second-order valence-corrected chi connectivity index (χ2v) is 4.69. The van der Waals surface area contributed by atoms with Gasteiger partial charge in [-0.3, -0.25) is 4.90 Å². The Morgan fingerprint density at radius 2 is 2.06 bits per heavy atom. The van der Waals surface area contributed by atoms with Gasteiger partial charge in [0.2, 0.25) is 0 Å². The van der Waals surface area contributed by atoms with Gasteiger partial charge in [0.25, 0.3) is 0 Å². The molecule has 0 aliphatic carbocycles. The number of rotatable bonds is 3. The minimum atomic E-state index is 0.277. The molecule has 1 aromatic rings. The molecule has 1 aliphatic rings. The molecule has 0 saturated carbocycles. The van der Waals surface area contributed by atoms with Gasteiger partial charge in [0.15, 0.2) is 5.84 Å². The first-order chi connectivity index (χ1) is 8.69. The number of nitrogens with two attached hydrogens (primary N) is 1. The molecule has 0 unspecified atom stereocenters. The molecule has 0 atom stereocenters. The molecule has 2 rings (SSSR count). The van der Waals surface area contributed by atoms with Crippen LogP contribution in [0.3, 0.4) is 0 Å². The summed E-state index contributed by atoms with van der Waals surface area (Å²) in [6.45, 7) is 6.47. The summed E-state index contributed by atoms with van der Waals surface area (Å²) in [5.41, 5.74) is 8.07. The standard InChI is InChI=1S/C13H20N4O/c1-11-3-2-4-12(9-11)17-7-5-16(6-8-17)10-13(14)15-18/h2-4,9,18H,5-8,10H2,1H3,(H2,14,15). The molecule has 0 bridgehead atoms. The summed E-state index contributed by atoms with van der Waals surface area (Å²) in [5.74, 6) is 0.277. The van der Waals surface area contributed by atoms with Crippen LogP contribution in [0.1, 0.15) is 5.56 Å². The SMILES string of the molecule is Cc1cccc(N2CCN(C/C(N)=N/O)CC2)c1. The van der Waals surface area contributed by atoms with E-state index in [9.17, 15) is 0 Å². The highest BCUT2D eigenvalue weighted by Crippen LogP contribution is 2.17. The van der Waals surface area contributed by atoms with Gasteiger partial charge in [-0.15, -0.1) is 0 Å². The number of hydrogen-bond donors (Lipinski definition) is 2. The molecule has 0 amide bonds. The zero-order valence-electron chi connectivity index (χ0n) is 10.7. The third-order valence-corrected chi connectivity index (χ3v) is 3.25. The third-order valence-electron chi connectivity index (χ3n) is 3.25. The Labute approximate surface area is 107 Å². The van der Waals surface area contributed by atoms with Gasteiger partial charge in [-0.1, -0.05) is 17.3 Å². The van der Waals surface area contributed by atoms with Gasteiger partial charge >= 0.3 is 0 Å². The average Bonchev–Trinajstić information content (AvgIpc) is 2.39. The summed E-state index contributed by atoms with van der Waals surface area (Å²) in [6.07, 6.45) is 0. The lowest BCUT2D eigenvalue weighted by molar-refractivity contribution is 0.279. The molecule has 1 saturated heterocycles. The molecule has 98 valence electrons. The van der Waals surface area contributed by atoms with E-state index >= 15 is 0 Å². The quantitative estimate of drug-likeness (QED) is 0.360. The van der Waals surface area contributed by atoms with Crippen LogP contribution in [0.4, 0.5) is 5.69 Å². The van der Waals surface area contributed by atoms with Crippen LogP contribution in [-0.4, -0.2) is 48.7 Å². The van der Waals surface area contributed by atoms with Gasteiger partial charge in [0.05, 0.1) is 6.54 Å². The minimum absolute atomic E-state index is 0.277. The Bertz CT molecular complexity index is 425. The fraction of sp³-hybridized carbons (Fsp3) is 0.462. The van der Waals surface area contributed by atoms with E-state index in [4.69, 9.17) is 10.9 Å². The van der Waals surface area contributed by atoms with Gasteiger partial charge in [-0.2, -0.15) is 0 Å². The van der Waals surface area contributed by atoms with Crippen molar-refractivity contribution < 1.29 is 5.21 Å². The van der Waals surface area contributed by atoms with Gasteiger partial charge in [-0.25, -0.2) is 0 Å². The van der Waals surface area contributed by atoms with E-state index in [-0.39, 0.29) is 5.84 Å². The lowest BCUT2D eigenvalue weighted by Crippen LogP contribution is -2.48. The van der Waals surface area contributed by atoms with Crippen LogP contribution in [0.5, 0.6) is 0 Å². The number of amidine groups is 1. The molecule has 1 heterocycles. The Balaban J connectivity index is 1.90. The Morgan fingerprint density at radius 3 is 2.67 bits per heavy atom. The number of benzene rings is 1. The first-order valence-electron chi connectivity index (χ1n) is 6.19. The van der Waals surface area contributed by atoms with Crippen molar-refractivity contribution >= 4 is 11.5 Å². The fourth-order valence-corrected chi connectivity index (χ4v) is 2.25. The number of nitrogens with zero attached hydrogens (tertiary/aromatic N) is 3. The molecule has 3 N–H and O–H groups in total. The molecule has 5 nitrogen and oxygen atoms in total. The third kappa shape index (κ3) is 3.13. The maximum Gasteiger partial charge on any atom is 0.153 e. The van der Waals surface area contributed by atoms with E-state index in [1.807, 2.05) is 0 Å². The predicted octanol–water partition coefficient (Wildman–Crippen LogP) is 0.863. The summed E-state index contributed by atoms with van der Waals surface area (Å²) in [7, 11) is 0. The minimum Gasteiger partial charge on any atom is -0.409 e. The van der Waals surface area contributed by atoms with E-state index in [0.29, 0.717) is 6.54 Å². The highest BCUT2D eigenvalue weighted by molar-refractivity contribution is 5.81. The van der Waals surface area contributed by atoms with Crippen LogP contribution < -0.4 is 10.6 Å². The predicted molar refractivity (Wildman–Crippen MR) is 73.2 cm³/mol. The lowest BCUT2D eigenvalue weighted by Gasteiger charge is -2.35. The van der Waals surface area contributed by atoms with Crippen LogP contribution >= 0.6 is 0 Å². The molecule has 18 heavy (non-hydrogen) atoms. The topological polar surface area (TPSA) is 65.1 Å². The number of anilines is 1. The maximum atomic E-state index is 8.55. The largest absolute Gasteiger partial charge is 0.409 e. The molecule has 1 aromatic carbocycles. The van der Waals surface area contributed by atoms with E-state index in [2.05, 4.69) is 46.1 Å².